The molecule has 1 aromatic carbocycles. The first-order valence-corrected chi connectivity index (χ1v) is 10.00. The maximum atomic E-state index is 12.2. The zero-order valence-corrected chi connectivity index (χ0v) is 17.9. The van der Waals surface area contributed by atoms with Crippen LogP contribution in [0.4, 0.5) is 0 Å². The van der Waals surface area contributed by atoms with Crippen LogP contribution in [0, 0.1) is 18.8 Å². The molecule has 0 aliphatic carbocycles. The largest absolute Gasteiger partial charge is 0.461 e. The molecular weight excluding hydrogens is 352 g/mol. The summed E-state index contributed by atoms with van der Waals surface area (Å²) in [6.07, 6.45) is 4.35. The number of hydrogen-bond donors (Lipinski definition) is 0. The Kier molecular flexibility index (Phi) is 7.55. The van der Waals surface area contributed by atoms with Crippen molar-refractivity contribution in [1.82, 2.24) is 9.55 Å². The number of nitrogens with zero attached hydrogens (tertiary/aromatic N) is 2. The van der Waals surface area contributed by atoms with Crippen LogP contribution in [-0.4, -0.2) is 21.4 Å². The fourth-order valence-electron chi connectivity index (χ4n) is 3.19. The number of imidazole rings is 1. The van der Waals surface area contributed by atoms with Crippen molar-refractivity contribution in [3.05, 3.63) is 53.1 Å². The van der Waals surface area contributed by atoms with E-state index in [1.165, 1.54) is 0 Å². The lowest BCUT2D eigenvalue weighted by Crippen LogP contribution is -2.11. The van der Waals surface area contributed by atoms with Crippen LogP contribution in [0.2, 0.25) is 0 Å². The van der Waals surface area contributed by atoms with Crippen LogP contribution in [0.5, 0.6) is 0 Å². The van der Waals surface area contributed by atoms with Crippen LogP contribution in [-0.2, 0) is 16.1 Å². The van der Waals surface area contributed by atoms with Crippen molar-refractivity contribution in [3.8, 4) is 0 Å². The van der Waals surface area contributed by atoms with E-state index in [2.05, 4.69) is 18.0 Å². The van der Waals surface area contributed by atoms with E-state index in [9.17, 15) is 9.59 Å². The van der Waals surface area contributed by atoms with Crippen molar-refractivity contribution >= 4 is 11.9 Å². The summed E-state index contributed by atoms with van der Waals surface area (Å²) in [5, 5.41) is 0. The van der Waals surface area contributed by atoms with Gasteiger partial charge in [-0.2, -0.15) is 0 Å². The molecule has 28 heavy (non-hydrogen) atoms. The molecule has 0 aliphatic rings. The summed E-state index contributed by atoms with van der Waals surface area (Å²) in [4.78, 5) is 28.6. The van der Waals surface area contributed by atoms with E-state index in [1.807, 2.05) is 52.9 Å². The number of aromatic nitrogens is 2. The maximum absolute atomic E-state index is 12.2. The molecule has 1 aromatic heterocycles. The first-order chi connectivity index (χ1) is 13.2. The first kappa shape index (κ1) is 21.9. The highest BCUT2D eigenvalue weighted by Gasteiger charge is 2.18. The standard InChI is InChI=1S/C23H32N2O3/c1-15(2)10-22(26)25-12-21(24-14-25)18(6)20-9-7-8-19(17(20)5)13-28-23(27)11-16(3)4/h7-9,12,14-16,18H,10-11,13H2,1-6H3. The van der Waals surface area contributed by atoms with Crippen LogP contribution in [0.25, 0.3) is 0 Å². The minimum Gasteiger partial charge on any atom is -0.461 e. The Labute approximate surface area is 168 Å². The highest BCUT2D eigenvalue weighted by Crippen LogP contribution is 2.28. The van der Waals surface area contributed by atoms with Crippen LogP contribution in [0.1, 0.15) is 80.6 Å². The zero-order chi connectivity index (χ0) is 20.8. The number of hydrogen-bond acceptors (Lipinski definition) is 4. The molecule has 0 spiro atoms. The van der Waals surface area contributed by atoms with E-state index >= 15 is 0 Å². The molecule has 1 unspecified atom stereocenters. The molecule has 0 amide bonds. The van der Waals surface area contributed by atoms with Crippen molar-refractivity contribution in [2.75, 3.05) is 0 Å². The molecular formula is C23H32N2O3. The molecule has 0 aliphatic heterocycles. The van der Waals surface area contributed by atoms with Crippen molar-refractivity contribution in [1.29, 1.82) is 0 Å². The van der Waals surface area contributed by atoms with Gasteiger partial charge in [0.05, 0.1) is 5.69 Å². The minimum atomic E-state index is -0.171. The average Bonchev–Trinajstić information content (AvgIpc) is 3.09. The lowest BCUT2D eigenvalue weighted by molar-refractivity contribution is -0.145. The highest BCUT2D eigenvalue weighted by atomic mass is 16.5. The Morgan fingerprint density at radius 1 is 1.07 bits per heavy atom. The second kappa shape index (κ2) is 9.67. The fourth-order valence-corrected chi connectivity index (χ4v) is 3.19. The second-order valence-electron chi connectivity index (χ2n) is 8.31. The highest BCUT2D eigenvalue weighted by molar-refractivity contribution is 5.79. The summed E-state index contributed by atoms with van der Waals surface area (Å²) in [7, 11) is 0. The van der Waals surface area contributed by atoms with Crippen LogP contribution in [0.3, 0.4) is 0 Å². The third-order valence-corrected chi connectivity index (χ3v) is 4.84. The lowest BCUT2D eigenvalue weighted by atomic mass is 9.91. The topological polar surface area (TPSA) is 61.2 Å². The Morgan fingerprint density at radius 2 is 1.75 bits per heavy atom. The molecule has 5 heteroatoms. The summed E-state index contributed by atoms with van der Waals surface area (Å²) >= 11 is 0. The van der Waals surface area contributed by atoms with Gasteiger partial charge in [0.1, 0.15) is 12.9 Å². The smallest absolute Gasteiger partial charge is 0.306 e. The van der Waals surface area contributed by atoms with Crippen molar-refractivity contribution in [2.24, 2.45) is 11.8 Å². The molecule has 0 fully saturated rings. The van der Waals surface area contributed by atoms with Gasteiger partial charge in [-0.25, -0.2) is 4.98 Å². The van der Waals surface area contributed by atoms with Crippen molar-refractivity contribution in [2.45, 2.75) is 66.9 Å². The molecule has 2 aromatic rings. The Balaban J connectivity index is 2.14. The minimum absolute atomic E-state index is 0.0411. The number of ether oxygens (including phenoxy) is 1. The van der Waals surface area contributed by atoms with Crippen molar-refractivity contribution in [3.63, 3.8) is 0 Å². The number of esters is 1. The zero-order valence-electron chi connectivity index (χ0n) is 17.9. The Morgan fingerprint density at radius 3 is 2.39 bits per heavy atom. The van der Waals surface area contributed by atoms with E-state index in [-0.39, 0.29) is 30.3 Å². The lowest BCUT2D eigenvalue weighted by Gasteiger charge is -2.16. The molecule has 0 radical (unpaired) electrons. The monoisotopic (exact) mass is 384 g/mol. The van der Waals surface area contributed by atoms with E-state index in [0.29, 0.717) is 18.8 Å². The van der Waals surface area contributed by atoms with E-state index in [0.717, 1.165) is 22.4 Å². The third-order valence-electron chi connectivity index (χ3n) is 4.84. The van der Waals surface area contributed by atoms with Crippen LogP contribution in [0.15, 0.2) is 30.7 Å². The maximum Gasteiger partial charge on any atom is 0.306 e. The molecule has 0 N–H and O–H groups in total. The predicted molar refractivity (Wildman–Crippen MR) is 110 cm³/mol. The number of carbonyl (C=O) groups is 2. The van der Waals surface area contributed by atoms with Gasteiger partial charge in [0.25, 0.3) is 0 Å². The summed E-state index contributed by atoms with van der Waals surface area (Å²) in [5.74, 6) is 0.528. The fraction of sp³-hybridized carbons (Fsp3) is 0.522. The van der Waals surface area contributed by atoms with Gasteiger partial charge in [0, 0.05) is 25.0 Å². The van der Waals surface area contributed by atoms with Gasteiger partial charge in [-0.15, -0.1) is 0 Å². The van der Waals surface area contributed by atoms with E-state index in [1.54, 1.807) is 10.9 Å². The second-order valence-corrected chi connectivity index (χ2v) is 8.31. The van der Waals surface area contributed by atoms with Gasteiger partial charge < -0.3 is 4.74 Å². The first-order valence-electron chi connectivity index (χ1n) is 10.00. The molecule has 1 heterocycles. The van der Waals surface area contributed by atoms with Gasteiger partial charge in [-0.05, 0) is 35.4 Å². The quantitative estimate of drug-likeness (QED) is 0.593. The molecule has 0 saturated heterocycles. The predicted octanol–water partition coefficient (Wildman–Crippen LogP) is 5.12. The van der Waals surface area contributed by atoms with E-state index < -0.39 is 0 Å². The summed E-state index contributed by atoms with van der Waals surface area (Å²) < 4.78 is 7.01. The number of carbonyl (C=O) groups excluding carboxylic acids is 2. The summed E-state index contributed by atoms with van der Waals surface area (Å²) in [5.41, 5.74) is 4.07. The molecule has 0 saturated carbocycles. The molecule has 0 bridgehead atoms. The molecule has 5 nitrogen and oxygen atoms in total. The van der Waals surface area contributed by atoms with Crippen molar-refractivity contribution < 1.29 is 14.3 Å². The average molecular weight is 385 g/mol. The third kappa shape index (κ3) is 5.78. The molecule has 2 rings (SSSR count). The number of rotatable bonds is 8. The van der Waals surface area contributed by atoms with E-state index in [4.69, 9.17) is 4.74 Å². The van der Waals surface area contributed by atoms with Gasteiger partial charge in [0.15, 0.2) is 0 Å². The molecule has 1 atom stereocenters. The van der Waals surface area contributed by atoms with Gasteiger partial charge >= 0.3 is 5.97 Å². The molecule has 152 valence electrons. The van der Waals surface area contributed by atoms with Crippen LogP contribution >= 0.6 is 0 Å². The Bertz CT molecular complexity index is 821. The van der Waals surface area contributed by atoms with Crippen LogP contribution < -0.4 is 0 Å². The SMILES string of the molecule is Cc1c(COC(=O)CC(C)C)cccc1C(C)c1cn(C(=O)CC(C)C)cn1. The van der Waals surface area contributed by atoms with Gasteiger partial charge in [-0.3, -0.25) is 14.2 Å². The summed E-state index contributed by atoms with van der Waals surface area (Å²) in [6.45, 7) is 12.5. The Hall–Kier alpha value is -2.43. The van der Waals surface area contributed by atoms with Gasteiger partial charge in [0.2, 0.25) is 5.91 Å². The van der Waals surface area contributed by atoms with Gasteiger partial charge in [-0.1, -0.05) is 52.8 Å². The normalized spacial score (nSPS) is 12.4. The summed E-state index contributed by atoms with van der Waals surface area (Å²) in [6, 6.07) is 6.03. The number of benzene rings is 1.